The molecule has 0 aromatic heterocycles. The number of carbonyl (C=O) groups is 2. The molecule has 24 heavy (non-hydrogen) atoms. The number of aliphatic carboxylic acids is 1. The van der Waals surface area contributed by atoms with Gasteiger partial charge in [-0.2, -0.15) is 0 Å². The summed E-state index contributed by atoms with van der Waals surface area (Å²) in [5, 5.41) is 11.7. The maximum absolute atomic E-state index is 11.9. The molecule has 1 aromatic rings. The van der Waals surface area contributed by atoms with E-state index < -0.39 is 12.0 Å². The Morgan fingerprint density at radius 3 is 2.42 bits per heavy atom. The number of amides is 1. The number of carboxylic acid groups (broad SMARTS) is 1. The normalized spacial score (nSPS) is 11.9. The summed E-state index contributed by atoms with van der Waals surface area (Å²) in [6, 6.07) is 4.72. The van der Waals surface area contributed by atoms with Gasteiger partial charge in [0.05, 0.1) is 14.2 Å². The average Bonchev–Trinajstić information content (AvgIpc) is 2.53. The Balaban J connectivity index is 2.49. The number of carboxylic acids is 1. The lowest BCUT2D eigenvalue weighted by molar-refractivity contribution is -0.142. The molecule has 2 N–H and O–H groups in total. The zero-order valence-electron chi connectivity index (χ0n) is 14.5. The summed E-state index contributed by atoms with van der Waals surface area (Å²) in [5.41, 5.74) is 0. The van der Waals surface area contributed by atoms with E-state index in [1.807, 2.05) is 32.0 Å². The molecule has 0 fully saturated rings. The predicted molar refractivity (Wildman–Crippen MR) is 93.9 cm³/mol. The smallest absolute Gasteiger partial charge is 0.326 e. The highest BCUT2D eigenvalue weighted by Gasteiger charge is 2.20. The van der Waals surface area contributed by atoms with Crippen molar-refractivity contribution in [2.45, 2.75) is 37.6 Å². The Kier molecular flexibility index (Phi) is 8.46. The topological polar surface area (TPSA) is 84.9 Å². The van der Waals surface area contributed by atoms with Gasteiger partial charge in [-0.15, -0.1) is 11.8 Å². The first kappa shape index (κ1) is 20.2. The molecule has 134 valence electrons. The highest BCUT2D eigenvalue weighted by atomic mass is 32.2. The van der Waals surface area contributed by atoms with Gasteiger partial charge in [-0.25, -0.2) is 4.79 Å². The Morgan fingerprint density at radius 1 is 1.21 bits per heavy atom. The molecule has 1 rings (SSSR count). The van der Waals surface area contributed by atoms with Gasteiger partial charge in [-0.05, 0) is 30.5 Å². The highest BCUT2D eigenvalue weighted by Crippen LogP contribution is 2.31. The third-order valence-corrected chi connectivity index (χ3v) is 4.29. The van der Waals surface area contributed by atoms with Crippen molar-refractivity contribution in [1.29, 1.82) is 0 Å². The number of hydrogen-bond acceptors (Lipinski definition) is 5. The largest absolute Gasteiger partial charge is 0.493 e. The molecular formula is C17H25NO5S. The molecule has 0 saturated carbocycles. The van der Waals surface area contributed by atoms with Gasteiger partial charge in [0, 0.05) is 17.1 Å². The number of rotatable bonds is 10. The highest BCUT2D eigenvalue weighted by molar-refractivity contribution is 7.99. The van der Waals surface area contributed by atoms with E-state index >= 15 is 0 Å². The van der Waals surface area contributed by atoms with Crippen molar-refractivity contribution in [3.63, 3.8) is 0 Å². The van der Waals surface area contributed by atoms with Crippen LogP contribution in [0, 0.1) is 5.92 Å². The van der Waals surface area contributed by atoms with Crippen LogP contribution in [0.25, 0.3) is 0 Å². The molecule has 1 amide bonds. The van der Waals surface area contributed by atoms with Gasteiger partial charge in [-0.3, -0.25) is 4.79 Å². The lowest BCUT2D eigenvalue weighted by atomic mass is 10.0. The zero-order chi connectivity index (χ0) is 18.1. The van der Waals surface area contributed by atoms with Crippen LogP contribution in [0.3, 0.4) is 0 Å². The molecule has 0 aliphatic carbocycles. The molecule has 6 nitrogen and oxygen atoms in total. The third kappa shape index (κ3) is 6.70. The Bertz CT molecular complexity index is 562. The number of thioether (sulfide) groups is 1. The Morgan fingerprint density at radius 2 is 1.88 bits per heavy atom. The summed E-state index contributed by atoms with van der Waals surface area (Å²) in [5.74, 6) is 0.788. The van der Waals surface area contributed by atoms with E-state index in [1.165, 1.54) is 11.8 Å². The number of nitrogens with one attached hydrogen (secondary N) is 1. The number of methoxy groups -OCH3 is 2. The molecule has 0 spiro atoms. The lowest BCUT2D eigenvalue weighted by Crippen LogP contribution is -2.41. The molecular weight excluding hydrogens is 330 g/mol. The van der Waals surface area contributed by atoms with E-state index in [9.17, 15) is 9.59 Å². The molecule has 0 saturated heterocycles. The van der Waals surface area contributed by atoms with Crippen LogP contribution in [0.4, 0.5) is 0 Å². The minimum Gasteiger partial charge on any atom is -0.493 e. The van der Waals surface area contributed by atoms with Gasteiger partial charge in [-0.1, -0.05) is 13.8 Å². The van der Waals surface area contributed by atoms with Crippen molar-refractivity contribution in [1.82, 2.24) is 5.32 Å². The molecule has 0 heterocycles. The van der Waals surface area contributed by atoms with Gasteiger partial charge < -0.3 is 19.9 Å². The first-order valence-corrected chi connectivity index (χ1v) is 8.73. The van der Waals surface area contributed by atoms with E-state index in [4.69, 9.17) is 14.6 Å². The van der Waals surface area contributed by atoms with Crippen molar-refractivity contribution >= 4 is 23.6 Å². The van der Waals surface area contributed by atoms with Crippen LogP contribution in [0.15, 0.2) is 23.1 Å². The Labute approximate surface area is 146 Å². The summed E-state index contributed by atoms with van der Waals surface area (Å²) in [6.45, 7) is 3.85. The minimum atomic E-state index is -0.996. The quantitative estimate of drug-likeness (QED) is 0.628. The second-order valence-electron chi connectivity index (χ2n) is 5.70. The molecule has 1 unspecified atom stereocenters. The van der Waals surface area contributed by atoms with Crippen LogP contribution in [0.1, 0.15) is 26.7 Å². The zero-order valence-corrected chi connectivity index (χ0v) is 15.3. The fourth-order valence-corrected chi connectivity index (χ4v) is 3.01. The number of ether oxygens (including phenoxy) is 2. The van der Waals surface area contributed by atoms with Crippen molar-refractivity contribution in [2.24, 2.45) is 5.92 Å². The first-order chi connectivity index (χ1) is 11.4. The summed E-state index contributed by atoms with van der Waals surface area (Å²) in [4.78, 5) is 24.0. The van der Waals surface area contributed by atoms with Crippen LogP contribution in [-0.2, 0) is 9.59 Å². The molecule has 7 heteroatoms. The van der Waals surface area contributed by atoms with Crippen molar-refractivity contribution in [3.05, 3.63) is 18.2 Å². The fraction of sp³-hybridized carbons (Fsp3) is 0.529. The first-order valence-electron chi connectivity index (χ1n) is 7.74. The molecule has 0 aliphatic rings. The van der Waals surface area contributed by atoms with Crippen molar-refractivity contribution < 1.29 is 24.2 Å². The summed E-state index contributed by atoms with van der Waals surface area (Å²) in [6.07, 6.45) is 0.671. The SMILES string of the molecule is COc1ccc(SCCC(=O)NC(CC(C)C)C(=O)O)cc1OC. The molecule has 0 radical (unpaired) electrons. The minimum absolute atomic E-state index is 0.201. The van der Waals surface area contributed by atoms with E-state index in [-0.39, 0.29) is 18.2 Å². The predicted octanol–water partition coefficient (Wildman–Crippen LogP) is 2.80. The Hall–Kier alpha value is -1.89. The standard InChI is InChI=1S/C17H25NO5S/c1-11(2)9-13(17(20)21)18-16(19)7-8-24-12-5-6-14(22-3)15(10-12)23-4/h5-6,10-11,13H,7-9H2,1-4H3,(H,18,19)(H,20,21). The van der Waals surface area contributed by atoms with Gasteiger partial charge in [0.2, 0.25) is 5.91 Å². The fourth-order valence-electron chi connectivity index (χ4n) is 2.13. The van der Waals surface area contributed by atoms with Crippen molar-refractivity contribution in [3.8, 4) is 11.5 Å². The van der Waals surface area contributed by atoms with Crippen molar-refractivity contribution in [2.75, 3.05) is 20.0 Å². The summed E-state index contributed by atoms with van der Waals surface area (Å²) in [7, 11) is 3.14. The van der Waals surface area contributed by atoms with Gasteiger partial charge in [0.15, 0.2) is 11.5 Å². The van der Waals surface area contributed by atoms with Crippen LogP contribution < -0.4 is 14.8 Å². The lowest BCUT2D eigenvalue weighted by Gasteiger charge is -2.16. The maximum atomic E-state index is 11.9. The second kappa shape index (κ2) is 10.1. The van der Waals surface area contributed by atoms with Crippen LogP contribution in [0.2, 0.25) is 0 Å². The second-order valence-corrected chi connectivity index (χ2v) is 6.87. The number of carbonyl (C=O) groups excluding carboxylic acids is 1. The summed E-state index contributed by atoms with van der Waals surface area (Å²) < 4.78 is 10.4. The van der Waals surface area contributed by atoms with Gasteiger partial charge in [0.1, 0.15) is 6.04 Å². The summed E-state index contributed by atoms with van der Waals surface area (Å²) >= 11 is 1.50. The number of benzene rings is 1. The molecule has 1 aromatic carbocycles. The average molecular weight is 355 g/mol. The van der Waals surface area contributed by atoms with Crippen LogP contribution in [0.5, 0.6) is 11.5 Å². The number of hydrogen-bond donors (Lipinski definition) is 2. The van der Waals surface area contributed by atoms with E-state index in [2.05, 4.69) is 5.32 Å². The molecule has 1 atom stereocenters. The van der Waals surface area contributed by atoms with E-state index in [1.54, 1.807) is 14.2 Å². The maximum Gasteiger partial charge on any atom is 0.326 e. The van der Waals surface area contributed by atoms with E-state index in [0.717, 1.165) is 4.90 Å². The van der Waals surface area contributed by atoms with Crippen LogP contribution in [-0.4, -0.2) is 43.0 Å². The third-order valence-electron chi connectivity index (χ3n) is 3.29. The van der Waals surface area contributed by atoms with Crippen LogP contribution >= 0.6 is 11.8 Å². The molecule has 0 aliphatic heterocycles. The van der Waals surface area contributed by atoms with Gasteiger partial charge in [0.25, 0.3) is 0 Å². The molecule has 0 bridgehead atoms. The van der Waals surface area contributed by atoms with E-state index in [0.29, 0.717) is 23.7 Å². The monoisotopic (exact) mass is 355 g/mol. The van der Waals surface area contributed by atoms with Gasteiger partial charge >= 0.3 is 5.97 Å².